The monoisotopic (exact) mass is 324 g/mol. The number of aromatic hydroxyl groups is 2. The van der Waals surface area contributed by atoms with Crippen LogP contribution in [0.3, 0.4) is 0 Å². The van der Waals surface area contributed by atoms with E-state index in [1.807, 2.05) is 0 Å². The molecule has 2 N–H and O–H groups in total. The Morgan fingerprint density at radius 1 is 0.875 bits per heavy atom. The van der Waals surface area contributed by atoms with Gasteiger partial charge in [0.1, 0.15) is 24.1 Å². The van der Waals surface area contributed by atoms with Gasteiger partial charge in [-0.25, -0.2) is 0 Å². The van der Waals surface area contributed by atoms with Crippen LogP contribution in [-0.4, -0.2) is 22.8 Å². The maximum Gasteiger partial charge on any atom is 0.150 e. The molecule has 24 heavy (non-hydrogen) atoms. The van der Waals surface area contributed by atoms with E-state index in [-0.39, 0.29) is 11.5 Å². The summed E-state index contributed by atoms with van der Waals surface area (Å²) in [5.74, 6) is 0.305. The average Bonchev–Trinajstić information content (AvgIpc) is 2.59. The number of carbonyl (C=O) groups excluding carboxylic acids is 2. The molecular weight excluding hydrogens is 304 g/mol. The lowest BCUT2D eigenvalue weighted by Crippen LogP contribution is -1.90. The summed E-state index contributed by atoms with van der Waals surface area (Å²) in [6, 6.07) is 9.72. The number of phenols is 2. The first-order valence-electron chi connectivity index (χ1n) is 7.32. The second-order valence-electron chi connectivity index (χ2n) is 4.95. The third-order valence-electron chi connectivity index (χ3n) is 3.27. The quantitative estimate of drug-likeness (QED) is 0.625. The van der Waals surface area contributed by atoms with Crippen molar-refractivity contribution in [3.63, 3.8) is 0 Å². The van der Waals surface area contributed by atoms with Crippen molar-refractivity contribution in [3.05, 3.63) is 84.0 Å². The molecule has 4 nitrogen and oxygen atoms in total. The van der Waals surface area contributed by atoms with Gasteiger partial charge in [0, 0.05) is 16.7 Å². The summed E-state index contributed by atoms with van der Waals surface area (Å²) < 4.78 is 0. The molecule has 0 atom stereocenters. The van der Waals surface area contributed by atoms with E-state index in [0.29, 0.717) is 35.8 Å². The molecule has 2 rings (SSSR count). The molecule has 0 saturated carbocycles. The lowest BCUT2D eigenvalue weighted by Gasteiger charge is -2.03. The van der Waals surface area contributed by atoms with Crippen molar-refractivity contribution in [2.45, 2.75) is 12.8 Å². The van der Waals surface area contributed by atoms with Crippen LogP contribution < -0.4 is 0 Å². The number of rotatable bonds is 6. The summed E-state index contributed by atoms with van der Waals surface area (Å²) >= 11 is 0. The van der Waals surface area contributed by atoms with Crippen LogP contribution in [0.5, 0.6) is 11.5 Å². The lowest BCUT2D eigenvalue weighted by molar-refractivity contribution is 0.111. The van der Waals surface area contributed by atoms with E-state index in [4.69, 9.17) is 0 Å². The molecule has 2 aromatic rings. The summed E-state index contributed by atoms with van der Waals surface area (Å²) in [6.07, 6.45) is 5.93. The first kappa shape index (κ1) is 18.9. The lowest BCUT2D eigenvalue weighted by atomic mass is 10.0. The highest BCUT2D eigenvalue weighted by Gasteiger charge is 2.03. The number of allylic oxidation sites excluding steroid dienone is 2. The molecule has 0 aromatic heterocycles. The van der Waals surface area contributed by atoms with E-state index in [2.05, 4.69) is 13.2 Å². The van der Waals surface area contributed by atoms with Crippen LogP contribution in [0.1, 0.15) is 31.8 Å². The Hall–Kier alpha value is -3.14. The van der Waals surface area contributed by atoms with Crippen LogP contribution in [0.4, 0.5) is 0 Å². The molecule has 124 valence electrons. The van der Waals surface area contributed by atoms with Gasteiger partial charge in [0.05, 0.1) is 0 Å². The van der Waals surface area contributed by atoms with Gasteiger partial charge in [-0.05, 0) is 30.5 Å². The first-order chi connectivity index (χ1) is 11.6. The Morgan fingerprint density at radius 3 is 2.12 bits per heavy atom. The van der Waals surface area contributed by atoms with E-state index >= 15 is 0 Å². The van der Waals surface area contributed by atoms with Gasteiger partial charge < -0.3 is 10.2 Å². The summed E-state index contributed by atoms with van der Waals surface area (Å²) in [7, 11) is 0. The molecule has 2 aromatic carbocycles. The number of carbonyl (C=O) groups is 2. The van der Waals surface area contributed by atoms with Crippen molar-refractivity contribution in [3.8, 4) is 11.5 Å². The van der Waals surface area contributed by atoms with Crippen molar-refractivity contribution in [1.82, 2.24) is 0 Å². The van der Waals surface area contributed by atoms with Crippen LogP contribution >= 0.6 is 0 Å². The number of phenolic OH excluding ortho intramolecular Hbond substituents is 2. The number of hydrogen-bond donors (Lipinski definition) is 2. The van der Waals surface area contributed by atoms with Gasteiger partial charge in [-0.2, -0.15) is 0 Å². The number of hydrogen-bond acceptors (Lipinski definition) is 4. The molecule has 0 spiro atoms. The fourth-order valence-corrected chi connectivity index (χ4v) is 2.05. The third kappa shape index (κ3) is 5.25. The van der Waals surface area contributed by atoms with Gasteiger partial charge in [0.25, 0.3) is 0 Å². The van der Waals surface area contributed by atoms with E-state index in [1.165, 1.54) is 6.07 Å². The predicted octanol–water partition coefficient (Wildman–Crippen LogP) is 3.87. The number of aldehydes is 2. The zero-order valence-electron chi connectivity index (χ0n) is 13.3. The third-order valence-corrected chi connectivity index (χ3v) is 3.27. The van der Waals surface area contributed by atoms with E-state index in [0.717, 1.165) is 11.8 Å². The van der Waals surface area contributed by atoms with Crippen LogP contribution in [0.2, 0.25) is 0 Å². The molecule has 0 unspecified atom stereocenters. The summed E-state index contributed by atoms with van der Waals surface area (Å²) in [5, 5.41) is 18.7. The van der Waals surface area contributed by atoms with Gasteiger partial charge >= 0.3 is 0 Å². The van der Waals surface area contributed by atoms with Gasteiger partial charge in [-0.1, -0.05) is 36.4 Å². The fourth-order valence-electron chi connectivity index (χ4n) is 2.05. The van der Waals surface area contributed by atoms with Gasteiger partial charge in [0.15, 0.2) is 0 Å². The standard InChI is InChI=1S/2C10H10O2/c1-2-4-9-8(7-11)5-3-6-10(9)12;1-2-3-9-5-4-8(7-11)6-10(9)12/h2-3,5-7,12H,1,4H2;2,4-7,12H,1,3H2. The van der Waals surface area contributed by atoms with Gasteiger partial charge in [-0.15, -0.1) is 13.2 Å². The smallest absolute Gasteiger partial charge is 0.150 e. The minimum absolute atomic E-state index is 0.152. The highest BCUT2D eigenvalue weighted by molar-refractivity contribution is 5.78. The molecule has 0 amide bonds. The molecule has 0 heterocycles. The maximum absolute atomic E-state index is 10.5. The topological polar surface area (TPSA) is 74.6 Å². The van der Waals surface area contributed by atoms with E-state index in [9.17, 15) is 19.8 Å². The molecule has 0 aliphatic heterocycles. The molecular formula is C20H20O4. The van der Waals surface area contributed by atoms with Crippen molar-refractivity contribution >= 4 is 12.6 Å². The second kappa shape index (κ2) is 9.79. The predicted molar refractivity (Wildman–Crippen MR) is 94.8 cm³/mol. The van der Waals surface area contributed by atoms with Crippen molar-refractivity contribution in [2.75, 3.05) is 0 Å². The highest BCUT2D eigenvalue weighted by atomic mass is 16.3. The van der Waals surface area contributed by atoms with E-state index in [1.54, 1.807) is 42.5 Å². The molecule has 0 radical (unpaired) electrons. The van der Waals surface area contributed by atoms with Crippen molar-refractivity contribution in [1.29, 1.82) is 0 Å². The largest absolute Gasteiger partial charge is 0.508 e. The normalized spacial score (nSPS) is 9.33. The molecule has 0 saturated heterocycles. The minimum Gasteiger partial charge on any atom is -0.508 e. The second-order valence-corrected chi connectivity index (χ2v) is 4.95. The Labute approximate surface area is 141 Å². The Morgan fingerprint density at radius 2 is 1.58 bits per heavy atom. The summed E-state index contributed by atoms with van der Waals surface area (Å²) in [4.78, 5) is 20.8. The number of benzene rings is 2. The van der Waals surface area contributed by atoms with Crippen LogP contribution in [0.15, 0.2) is 61.7 Å². The Kier molecular flexibility index (Phi) is 7.71. The maximum atomic E-state index is 10.5. The molecule has 0 fully saturated rings. The van der Waals surface area contributed by atoms with Gasteiger partial charge in [0.2, 0.25) is 0 Å². The van der Waals surface area contributed by atoms with Gasteiger partial charge in [-0.3, -0.25) is 9.59 Å². The fraction of sp³-hybridized carbons (Fsp3) is 0.100. The van der Waals surface area contributed by atoms with Crippen LogP contribution in [0.25, 0.3) is 0 Å². The Balaban J connectivity index is 0.000000240. The zero-order valence-corrected chi connectivity index (χ0v) is 13.3. The van der Waals surface area contributed by atoms with Crippen molar-refractivity contribution in [2.24, 2.45) is 0 Å². The van der Waals surface area contributed by atoms with E-state index < -0.39 is 0 Å². The first-order valence-corrected chi connectivity index (χ1v) is 7.32. The average molecular weight is 324 g/mol. The van der Waals surface area contributed by atoms with Crippen LogP contribution in [0, 0.1) is 0 Å². The zero-order chi connectivity index (χ0) is 17.9. The molecule has 0 bridgehead atoms. The summed E-state index contributed by atoms with van der Waals surface area (Å²) in [6.45, 7) is 7.10. The SMILES string of the molecule is C=CCc1c(O)cccc1C=O.C=CCc1ccc(C=O)cc1O. The van der Waals surface area contributed by atoms with Crippen LogP contribution in [-0.2, 0) is 12.8 Å². The summed E-state index contributed by atoms with van der Waals surface area (Å²) in [5.41, 5.74) is 2.44. The molecule has 0 aliphatic carbocycles. The Bertz CT molecular complexity index is 732. The molecule has 0 aliphatic rings. The molecule has 4 heteroatoms. The minimum atomic E-state index is 0.152. The highest BCUT2D eigenvalue weighted by Crippen LogP contribution is 2.20. The van der Waals surface area contributed by atoms with Crippen molar-refractivity contribution < 1.29 is 19.8 Å².